The highest BCUT2D eigenvalue weighted by Gasteiger charge is 2.41. The Morgan fingerprint density at radius 3 is 2.46 bits per heavy atom. The van der Waals surface area contributed by atoms with Crippen LogP contribution in [-0.4, -0.2) is 74.0 Å². The molecule has 2 aromatic carbocycles. The van der Waals surface area contributed by atoms with Crippen LogP contribution >= 0.6 is 11.6 Å². The number of hydrogen-bond acceptors (Lipinski definition) is 5. The van der Waals surface area contributed by atoms with E-state index in [1.54, 1.807) is 48.3 Å². The quantitative estimate of drug-likeness (QED) is 0.654. The van der Waals surface area contributed by atoms with Gasteiger partial charge in [-0.1, -0.05) is 30.2 Å². The Labute approximate surface area is 222 Å². The van der Waals surface area contributed by atoms with Crippen molar-refractivity contribution < 1.29 is 23.9 Å². The summed E-state index contributed by atoms with van der Waals surface area (Å²) in [5, 5.41) is 3.43. The first kappa shape index (κ1) is 26.8. The number of hydrogen-bond donors (Lipinski definition) is 1. The van der Waals surface area contributed by atoms with E-state index in [-0.39, 0.29) is 30.9 Å². The van der Waals surface area contributed by atoms with Gasteiger partial charge >= 0.3 is 0 Å². The number of para-hydroxylation sites is 1. The summed E-state index contributed by atoms with van der Waals surface area (Å²) in [6.07, 6.45) is 3.48. The van der Waals surface area contributed by atoms with Crippen molar-refractivity contribution in [2.45, 2.75) is 32.1 Å². The number of piperidine rings is 1. The molecule has 0 unspecified atom stereocenters. The Hall–Kier alpha value is -3.26. The average molecular weight is 528 g/mol. The van der Waals surface area contributed by atoms with Gasteiger partial charge in [0.2, 0.25) is 5.91 Å². The molecule has 198 valence electrons. The zero-order valence-electron chi connectivity index (χ0n) is 21.2. The summed E-state index contributed by atoms with van der Waals surface area (Å²) in [6, 6.07) is 14.1. The van der Waals surface area contributed by atoms with Gasteiger partial charge in [0.25, 0.3) is 11.8 Å². The number of nitrogens with zero attached hydrogens (tertiary/aromatic N) is 2. The molecule has 3 aliphatic rings. The molecule has 0 aliphatic carbocycles. The summed E-state index contributed by atoms with van der Waals surface area (Å²) in [5.74, 6) is 0.839. The molecule has 37 heavy (non-hydrogen) atoms. The van der Waals surface area contributed by atoms with Crippen molar-refractivity contribution in [1.82, 2.24) is 15.1 Å². The summed E-state index contributed by atoms with van der Waals surface area (Å²) in [5.41, 5.74) is -0.0115. The van der Waals surface area contributed by atoms with Gasteiger partial charge in [-0.2, -0.15) is 0 Å². The second-order valence-corrected chi connectivity index (χ2v) is 10.0. The summed E-state index contributed by atoms with van der Waals surface area (Å²) in [4.78, 5) is 42.9. The Kier molecular flexibility index (Phi) is 8.92. The van der Waals surface area contributed by atoms with Crippen molar-refractivity contribution >= 4 is 29.3 Å². The predicted molar refractivity (Wildman–Crippen MR) is 141 cm³/mol. The average Bonchev–Trinajstić information content (AvgIpc) is 2.93. The highest BCUT2D eigenvalue weighted by molar-refractivity contribution is 6.30. The van der Waals surface area contributed by atoms with E-state index in [9.17, 15) is 14.4 Å². The van der Waals surface area contributed by atoms with Crippen molar-refractivity contribution in [1.29, 1.82) is 0 Å². The SMILES string of the molecule is CNC(=O)C12CCCCN(C(=O)COc3ccc(Cl)cc3)CCOc3ccccc3C(=O)N(CC1)CC2. The van der Waals surface area contributed by atoms with E-state index in [1.807, 2.05) is 17.0 Å². The van der Waals surface area contributed by atoms with Crippen LogP contribution in [0, 0.1) is 5.41 Å². The normalized spacial score (nSPS) is 18.2. The number of carbonyl (C=O) groups excluding carboxylic acids is 3. The molecule has 0 saturated carbocycles. The maximum atomic E-state index is 13.3. The third-order valence-corrected chi connectivity index (χ3v) is 7.57. The van der Waals surface area contributed by atoms with Crippen LogP contribution in [0.15, 0.2) is 48.5 Å². The molecule has 9 heteroatoms. The van der Waals surface area contributed by atoms with Crippen LogP contribution in [0.5, 0.6) is 11.5 Å². The van der Waals surface area contributed by atoms with Crippen molar-refractivity contribution in [2.75, 3.05) is 46.4 Å². The lowest BCUT2D eigenvalue weighted by atomic mass is 9.73. The van der Waals surface area contributed by atoms with Crippen LogP contribution in [-0.2, 0) is 9.59 Å². The van der Waals surface area contributed by atoms with Gasteiger partial charge in [0.15, 0.2) is 6.61 Å². The highest BCUT2D eigenvalue weighted by atomic mass is 35.5. The summed E-state index contributed by atoms with van der Waals surface area (Å²) < 4.78 is 11.7. The lowest BCUT2D eigenvalue weighted by molar-refractivity contribution is -0.135. The van der Waals surface area contributed by atoms with Gasteiger partial charge in [0.05, 0.1) is 17.5 Å². The monoisotopic (exact) mass is 527 g/mol. The number of carbonyl (C=O) groups is 3. The van der Waals surface area contributed by atoms with Gasteiger partial charge < -0.3 is 24.6 Å². The van der Waals surface area contributed by atoms with Gasteiger partial charge in [-0.25, -0.2) is 0 Å². The van der Waals surface area contributed by atoms with Crippen molar-refractivity contribution in [3.8, 4) is 11.5 Å². The number of halogens is 1. The third-order valence-electron chi connectivity index (χ3n) is 7.31. The largest absolute Gasteiger partial charge is 0.491 e. The minimum atomic E-state index is -0.506. The third kappa shape index (κ3) is 6.55. The Bertz CT molecular complexity index is 1100. The van der Waals surface area contributed by atoms with Crippen molar-refractivity contribution in [3.05, 3.63) is 59.1 Å². The summed E-state index contributed by atoms with van der Waals surface area (Å²) in [7, 11) is 1.67. The molecule has 1 N–H and O–H groups in total. The molecule has 3 amide bonds. The number of amides is 3. The molecule has 2 aromatic rings. The van der Waals surface area contributed by atoms with Gasteiger partial charge in [-0.15, -0.1) is 0 Å². The smallest absolute Gasteiger partial charge is 0.260 e. The number of benzene rings is 2. The van der Waals surface area contributed by atoms with E-state index in [0.717, 1.165) is 12.8 Å². The van der Waals surface area contributed by atoms with Crippen LogP contribution in [0.4, 0.5) is 0 Å². The first-order valence-corrected chi connectivity index (χ1v) is 13.2. The molecule has 0 spiro atoms. The van der Waals surface area contributed by atoms with E-state index in [4.69, 9.17) is 21.1 Å². The van der Waals surface area contributed by atoms with Crippen LogP contribution in [0.3, 0.4) is 0 Å². The van der Waals surface area contributed by atoms with Crippen LogP contribution in [0.2, 0.25) is 5.02 Å². The molecular weight excluding hydrogens is 494 g/mol. The number of ether oxygens (including phenoxy) is 2. The van der Waals surface area contributed by atoms with Gasteiger partial charge in [-0.05, 0) is 62.1 Å². The fraction of sp³-hybridized carbons (Fsp3) is 0.464. The molecule has 1 fully saturated rings. The standard InChI is InChI=1S/C28H34ClN3O5/c1-30-27(35)28-12-4-5-15-31(25(33)20-37-22-10-8-21(29)9-11-22)18-19-36-24-7-3-2-6-23(24)26(34)32(16-13-28)17-14-28/h2-3,6-11H,4-5,12-20H2,1H3,(H,30,35). The molecule has 2 bridgehead atoms. The molecule has 8 nitrogen and oxygen atoms in total. The molecule has 3 aliphatic heterocycles. The fourth-order valence-electron chi connectivity index (χ4n) is 5.09. The van der Waals surface area contributed by atoms with Crippen LogP contribution in [0.1, 0.15) is 42.5 Å². The first-order valence-electron chi connectivity index (χ1n) is 12.8. The van der Waals surface area contributed by atoms with Gasteiger partial charge in [0, 0.05) is 31.7 Å². The molecule has 0 atom stereocenters. The molecule has 0 radical (unpaired) electrons. The first-order chi connectivity index (χ1) is 17.9. The molecule has 0 aromatic heterocycles. The predicted octanol–water partition coefficient (Wildman–Crippen LogP) is 3.78. The molecule has 1 saturated heterocycles. The second-order valence-electron chi connectivity index (χ2n) is 9.58. The lowest BCUT2D eigenvalue weighted by Crippen LogP contribution is -2.49. The maximum absolute atomic E-state index is 13.3. The zero-order valence-corrected chi connectivity index (χ0v) is 22.0. The fourth-order valence-corrected chi connectivity index (χ4v) is 5.22. The minimum absolute atomic E-state index is 0.0249. The number of rotatable bonds is 4. The Balaban J connectivity index is 1.51. The summed E-state index contributed by atoms with van der Waals surface area (Å²) >= 11 is 5.93. The lowest BCUT2D eigenvalue weighted by Gasteiger charge is -2.40. The Morgan fingerprint density at radius 1 is 1.00 bits per heavy atom. The van der Waals surface area contributed by atoms with E-state index in [1.165, 1.54) is 0 Å². The molecule has 3 heterocycles. The molecule has 5 rings (SSSR count). The second kappa shape index (κ2) is 12.3. The van der Waals surface area contributed by atoms with Crippen LogP contribution in [0.25, 0.3) is 0 Å². The maximum Gasteiger partial charge on any atom is 0.260 e. The number of nitrogens with one attached hydrogen (secondary N) is 1. The Morgan fingerprint density at radius 2 is 1.73 bits per heavy atom. The van der Waals surface area contributed by atoms with E-state index in [2.05, 4.69) is 5.32 Å². The topological polar surface area (TPSA) is 88.2 Å². The van der Waals surface area contributed by atoms with Gasteiger partial charge in [0.1, 0.15) is 18.1 Å². The minimum Gasteiger partial charge on any atom is -0.491 e. The van der Waals surface area contributed by atoms with Crippen molar-refractivity contribution in [2.24, 2.45) is 5.41 Å². The zero-order chi connectivity index (χ0) is 26.3. The van der Waals surface area contributed by atoms with E-state index < -0.39 is 5.41 Å². The number of fused-ring (bicyclic) bond motifs is 9. The summed E-state index contributed by atoms with van der Waals surface area (Å²) in [6.45, 7) is 2.08. The highest BCUT2D eigenvalue weighted by Crippen LogP contribution is 2.38. The van der Waals surface area contributed by atoms with Crippen LogP contribution < -0.4 is 14.8 Å². The van der Waals surface area contributed by atoms with E-state index >= 15 is 0 Å². The van der Waals surface area contributed by atoms with E-state index in [0.29, 0.717) is 67.5 Å². The van der Waals surface area contributed by atoms with Gasteiger partial charge in [-0.3, -0.25) is 14.4 Å². The molecular formula is C28H34ClN3O5. The van der Waals surface area contributed by atoms with Crippen molar-refractivity contribution in [3.63, 3.8) is 0 Å².